The number of rotatable bonds is 4. The summed E-state index contributed by atoms with van der Waals surface area (Å²) >= 11 is 3.83. The van der Waals surface area contributed by atoms with Crippen molar-refractivity contribution in [1.82, 2.24) is 0 Å². The number of carbonyl (C=O) groups is 1. The van der Waals surface area contributed by atoms with Gasteiger partial charge in [0.15, 0.2) is 6.29 Å². The Morgan fingerprint density at radius 2 is 1.53 bits per heavy atom. The minimum Gasteiger partial charge on any atom is -0.389 e. The zero-order chi connectivity index (χ0) is 12.6. The first-order chi connectivity index (χ1) is 6.73. The molecule has 0 unspecified atom stereocenters. The molecular weight excluding hydrogens is 247 g/mol. The van der Waals surface area contributed by atoms with Crippen molar-refractivity contribution < 1.29 is 34.5 Å². The van der Waals surface area contributed by atoms with E-state index < -0.39 is 31.8 Å². The standard InChI is InChI=1S/C6H12O4S.H3O3P/c1-3(11)5(9)6(10)4(8)2-7;1-4(2)3/h2-6,8-11H,1H3;4H,(H2,1,2,3)/t3-,4+,5+,6-;/m0./s1. The predicted octanol–water partition coefficient (Wildman–Crippen LogP) is -2.05. The fourth-order valence-corrected chi connectivity index (χ4v) is 0.744. The fourth-order valence-electron chi connectivity index (χ4n) is 0.568. The molecule has 0 aliphatic carbocycles. The van der Waals surface area contributed by atoms with Gasteiger partial charge in [-0.3, -0.25) is 4.57 Å². The molecule has 0 bridgehead atoms. The molecule has 0 amide bonds. The van der Waals surface area contributed by atoms with Crippen LogP contribution in [0.25, 0.3) is 0 Å². The highest BCUT2D eigenvalue weighted by atomic mass is 32.1. The van der Waals surface area contributed by atoms with E-state index in [1.165, 1.54) is 0 Å². The maximum absolute atomic E-state index is 9.93. The molecule has 4 atom stereocenters. The molecule has 0 saturated heterocycles. The molecule has 7 nitrogen and oxygen atoms in total. The Bertz CT molecular complexity index is 196. The van der Waals surface area contributed by atoms with Crippen LogP contribution in [0.15, 0.2) is 0 Å². The number of carbonyl (C=O) groups excluding carboxylic acids is 1. The lowest BCUT2D eigenvalue weighted by molar-refractivity contribution is -0.125. The number of hydrogen-bond donors (Lipinski definition) is 6. The van der Waals surface area contributed by atoms with E-state index in [1.54, 1.807) is 6.92 Å². The molecule has 15 heavy (non-hydrogen) atoms. The molecule has 9 heteroatoms. The monoisotopic (exact) mass is 262 g/mol. The van der Waals surface area contributed by atoms with Gasteiger partial charge in [-0.05, 0) is 0 Å². The Hall–Kier alpha value is 0.0500. The third-order valence-electron chi connectivity index (χ3n) is 1.33. The van der Waals surface area contributed by atoms with E-state index in [0.29, 0.717) is 0 Å². The molecule has 0 spiro atoms. The highest BCUT2D eigenvalue weighted by Crippen LogP contribution is 2.07. The maximum atomic E-state index is 9.93. The number of aldehydes is 1. The second kappa shape index (κ2) is 9.29. The van der Waals surface area contributed by atoms with Crippen molar-refractivity contribution >= 4 is 27.2 Å². The Balaban J connectivity index is 0. The minimum atomic E-state index is -3.13. The highest BCUT2D eigenvalue weighted by molar-refractivity contribution is 7.81. The van der Waals surface area contributed by atoms with E-state index >= 15 is 0 Å². The van der Waals surface area contributed by atoms with Crippen LogP contribution >= 0.6 is 20.9 Å². The number of thiol groups is 1. The summed E-state index contributed by atoms with van der Waals surface area (Å²) in [6.07, 6.45) is -4.03. The van der Waals surface area contributed by atoms with Crippen molar-refractivity contribution in [2.24, 2.45) is 0 Å². The molecule has 0 aliphatic heterocycles. The van der Waals surface area contributed by atoms with Gasteiger partial charge < -0.3 is 29.9 Å². The van der Waals surface area contributed by atoms with E-state index in [1.807, 2.05) is 0 Å². The molecule has 0 heterocycles. The molecule has 0 rings (SSSR count). The molecular formula is C6H15O7PS. The van der Waals surface area contributed by atoms with Gasteiger partial charge in [0.1, 0.15) is 12.2 Å². The van der Waals surface area contributed by atoms with Crippen molar-refractivity contribution in [3.8, 4) is 0 Å². The molecule has 5 N–H and O–H groups in total. The Kier molecular flexibility index (Phi) is 10.8. The lowest BCUT2D eigenvalue weighted by atomic mass is 10.1. The molecule has 0 aromatic carbocycles. The lowest BCUT2D eigenvalue weighted by Gasteiger charge is -2.21. The summed E-state index contributed by atoms with van der Waals surface area (Å²) in [5.74, 6) is 0. The average molecular weight is 262 g/mol. The maximum Gasteiger partial charge on any atom is 0.314 e. The van der Waals surface area contributed by atoms with Crippen LogP contribution < -0.4 is 0 Å². The van der Waals surface area contributed by atoms with Gasteiger partial charge in [-0.2, -0.15) is 12.6 Å². The quantitative estimate of drug-likeness (QED) is 0.195. The SMILES string of the molecule is C[C@H](S)[C@@H](O)[C@@H](O)[C@H](O)C=O.O=[PH](O)O. The third kappa shape index (κ3) is 10.3. The molecule has 0 aromatic rings. The summed E-state index contributed by atoms with van der Waals surface area (Å²) in [5.41, 5.74) is 0. The smallest absolute Gasteiger partial charge is 0.314 e. The largest absolute Gasteiger partial charge is 0.389 e. The van der Waals surface area contributed by atoms with E-state index in [0.717, 1.165) is 0 Å². The first-order valence-corrected chi connectivity index (χ1v) is 5.65. The van der Waals surface area contributed by atoms with Crippen LogP contribution in [-0.4, -0.2) is 55.0 Å². The van der Waals surface area contributed by atoms with Gasteiger partial charge in [-0.25, -0.2) is 0 Å². The lowest BCUT2D eigenvalue weighted by Crippen LogP contribution is -2.42. The van der Waals surface area contributed by atoms with E-state index in [4.69, 9.17) is 29.7 Å². The molecule has 0 aliphatic rings. The second-order valence-corrected chi connectivity index (χ2v) is 4.01. The van der Waals surface area contributed by atoms with Gasteiger partial charge in [0.25, 0.3) is 0 Å². The summed E-state index contributed by atoms with van der Waals surface area (Å²) in [4.78, 5) is 24.2. The highest BCUT2D eigenvalue weighted by Gasteiger charge is 2.26. The number of aliphatic hydroxyl groups is 3. The Labute approximate surface area is 92.7 Å². The first kappa shape index (κ1) is 17.4. The molecule has 0 aromatic heterocycles. The summed E-state index contributed by atoms with van der Waals surface area (Å²) in [6, 6.07) is 0. The van der Waals surface area contributed by atoms with Crippen molar-refractivity contribution in [1.29, 1.82) is 0 Å². The van der Waals surface area contributed by atoms with Crippen molar-refractivity contribution in [3.63, 3.8) is 0 Å². The van der Waals surface area contributed by atoms with Crippen LogP contribution in [0.4, 0.5) is 0 Å². The molecule has 92 valence electrons. The molecule has 0 fully saturated rings. The van der Waals surface area contributed by atoms with E-state index in [2.05, 4.69) is 12.6 Å². The van der Waals surface area contributed by atoms with Crippen LogP contribution in [0, 0.1) is 0 Å². The minimum absolute atomic E-state index is 0.171. The number of aliphatic hydroxyl groups excluding tert-OH is 3. The normalized spacial score (nSPS) is 18.4. The van der Waals surface area contributed by atoms with Gasteiger partial charge in [0.05, 0.1) is 6.10 Å². The van der Waals surface area contributed by atoms with Gasteiger partial charge in [0, 0.05) is 5.25 Å². The summed E-state index contributed by atoms with van der Waals surface area (Å²) in [5, 5.41) is 26.3. The van der Waals surface area contributed by atoms with Crippen LogP contribution in [0.5, 0.6) is 0 Å². The average Bonchev–Trinajstić information content (AvgIpc) is 2.13. The zero-order valence-electron chi connectivity index (χ0n) is 7.89. The van der Waals surface area contributed by atoms with Crippen LogP contribution in [0.2, 0.25) is 0 Å². The molecule has 0 radical (unpaired) electrons. The van der Waals surface area contributed by atoms with Gasteiger partial charge in [0.2, 0.25) is 0 Å². The zero-order valence-corrected chi connectivity index (χ0v) is 9.78. The first-order valence-electron chi connectivity index (χ1n) is 3.83. The van der Waals surface area contributed by atoms with Gasteiger partial charge in [-0.1, -0.05) is 6.92 Å². The van der Waals surface area contributed by atoms with E-state index in [9.17, 15) is 4.79 Å². The predicted molar refractivity (Wildman–Crippen MR) is 56.0 cm³/mol. The Morgan fingerprint density at radius 3 is 1.73 bits per heavy atom. The summed E-state index contributed by atoms with van der Waals surface area (Å²) in [6.45, 7) is 1.55. The number of hydrogen-bond acceptors (Lipinski definition) is 6. The van der Waals surface area contributed by atoms with E-state index in [-0.39, 0.29) is 6.29 Å². The van der Waals surface area contributed by atoms with Crippen molar-refractivity contribution in [2.75, 3.05) is 0 Å². The van der Waals surface area contributed by atoms with Crippen LogP contribution in [0.3, 0.4) is 0 Å². The molecule has 0 saturated carbocycles. The summed E-state index contributed by atoms with van der Waals surface area (Å²) in [7, 11) is -3.13. The Morgan fingerprint density at radius 1 is 1.20 bits per heavy atom. The topological polar surface area (TPSA) is 135 Å². The summed E-state index contributed by atoms with van der Waals surface area (Å²) < 4.78 is 8.74. The van der Waals surface area contributed by atoms with Crippen LogP contribution in [0.1, 0.15) is 6.92 Å². The van der Waals surface area contributed by atoms with Gasteiger partial charge in [-0.15, -0.1) is 0 Å². The third-order valence-corrected chi connectivity index (χ3v) is 1.64. The van der Waals surface area contributed by atoms with Gasteiger partial charge >= 0.3 is 8.25 Å². The second-order valence-electron chi connectivity index (χ2n) is 2.63. The van der Waals surface area contributed by atoms with Crippen LogP contribution in [-0.2, 0) is 9.36 Å². The fraction of sp³-hybridized carbons (Fsp3) is 0.833. The van der Waals surface area contributed by atoms with Crippen molar-refractivity contribution in [3.05, 3.63) is 0 Å². The van der Waals surface area contributed by atoms with Crippen molar-refractivity contribution in [2.45, 2.75) is 30.5 Å².